The fraction of sp³-hybridized carbons (Fsp3) is 0.533. The van der Waals surface area contributed by atoms with Crippen LogP contribution in [0.15, 0.2) is 18.2 Å². The van der Waals surface area contributed by atoms with Crippen molar-refractivity contribution in [1.29, 1.82) is 0 Å². The lowest BCUT2D eigenvalue weighted by atomic mass is 10.1. The zero-order valence-corrected chi connectivity index (χ0v) is 14.9. The van der Waals surface area contributed by atoms with Crippen molar-refractivity contribution in [3.8, 4) is 0 Å². The van der Waals surface area contributed by atoms with Crippen molar-refractivity contribution in [2.45, 2.75) is 38.0 Å². The van der Waals surface area contributed by atoms with Gasteiger partial charge in [0, 0.05) is 23.6 Å². The van der Waals surface area contributed by atoms with Crippen molar-refractivity contribution in [3.05, 3.63) is 33.8 Å². The molecule has 1 unspecified atom stereocenters. The Morgan fingerprint density at radius 3 is 2.68 bits per heavy atom. The molecule has 1 fully saturated rings. The molecule has 1 saturated heterocycles. The summed E-state index contributed by atoms with van der Waals surface area (Å²) in [5.74, 6) is -0.0375. The molecule has 3 atom stereocenters. The second-order valence-electron chi connectivity index (χ2n) is 5.35. The molecule has 4 nitrogen and oxygen atoms in total. The Kier molecular flexibility index (Phi) is 7.42. The molecule has 1 heterocycles. The van der Waals surface area contributed by atoms with E-state index in [0.29, 0.717) is 23.0 Å². The van der Waals surface area contributed by atoms with Gasteiger partial charge in [0.05, 0.1) is 12.1 Å². The smallest absolute Gasteiger partial charge is 0.251 e. The third-order valence-electron chi connectivity index (χ3n) is 3.99. The van der Waals surface area contributed by atoms with Crippen LogP contribution in [0.1, 0.15) is 31.4 Å². The van der Waals surface area contributed by atoms with Crippen LogP contribution >= 0.6 is 35.6 Å². The van der Waals surface area contributed by atoms with Crippen LogP contribution in [0.4, 0.5) is 0 Å². The first-order chi connectivity index (χ1) is 9.93. The van der Waals surface area contributed by atoms with E-state index >= 15 is 0 Å². The molecule has 7 heteroatoms. The number of halogens is 3. The second-order valence-corrected chi connectivity index (χ2v) is 6.19. The van der Waals surface area contributed by atoms with Crippen LogP contribution in [0.2, 0.25) is 10.0 Å². The van der Waals surface area contributed by atoms with Gasteiger partial charge in [-0.15, -0.1) is 12.4 Å². The Labute approximate surface area is 147 Å². The van der Waals surface area contributed by atoms with E-state index in [1.165, 1.54) is 0 Å². The number of benzene rings is 1. The topological polar surface area (TPSA) is 55.6 Å². The lowest BCUT2D eigenvalue weighted by molar-refractivity contribution is -0.143. The average molecular weight is 368 g/mol. The maximum absolute atomic E-state index is 12.5. The Balaban J connectivity index is 0.00000242. The summed E-state index contributed by atoms with van der Waals surface area (Å²) in [4.78, 5) is 14.2. The van der Waals surface area contributed by atoms with Gasteiger partial charge in [0.2, 0.25) is 0 Å². The number of nitrogens with two attached hydrogens (primary N) is 1. The molecule has 124 valence electrons. The average Bonchev–Trinajstić information content (AvgIpc) is 2.94. The van der Waals surface area contributed by atoms with Gasteiger partial charge in [-0.25, -0.2) is 0 Å². The number of likely N-dealkylation sites (N-methyl/N-ethyl adjacent to an activating group) is 1. The van der Waals surface area contributed by atoms with Gasteiger partial charge >= 0.3 is 0 Å². The second kappa shape index (κ2) is 8.37. The molecule has 0 spiro atoms. The van der Waals surface area contributed by atoms with E-state index in [1.54, 1.807) is 24.1 Å². The van der Waals surface area contributed by atoms with Crippen molar-refractivity contribution in [3.63, 3.8) is 0 Å². The number of ether oxygens (including phenoxy) is 1. The number of hydrogen-bond donors (Lipinski definition) is 1. The molecular weight excluding hydrogens is 347 g/mol. The fourth-order valence-electron chi connectivity index (χ4n) is 2.53. The summed E-state index contributed by atoms with van der Waals surface area (Å²) in [6, 6.07) is 5.15. The normalized spacial score (nSPS) is 22.0. The maximum atomic E-state index is 12.5. The van der Waals surface area contributed by atoms with Gasteiger partial charge in [-0.2, -0.15) is 0 Å². The molecule has 1 aromatic rings. The molecule has 1 amide bonds. The third-order valence-corrected chi connectivity index (χ3v) is 4.55. The third kappa shape index (κ3) is 4.27. The first kappa shape index (κ1) is 19.5. The largest absolute Gasteiger partial charge is 0.364 e. The quantitative estimate of drug-likeness (QED) is 0.887. The van der Waals surface area contributed by atoms with E-state index in [-0.39, 0.29) is 30.5 Å². The fourth-order valence-corrected chi connectivity index (χ4v) is 3.09. The van der Waals surface area contributed by atoms with E-state index < -0.39 is 6.10 Å². The van der Waals surface area contributed by atoms with E-state index in [0.717, 1.165) is 12.0 Å². The zero-order chi connectivity index (χ0) is 15.6. The number of rotatable bonds is 4. The monoisotopic (exact) mass is 366 g/mol. The molecular formula is C15H21Cl3N2O2. The van der Waals surface area contributed by atoms with E-state index in [4.69, 9.17) is 33.7 Å². The van der Waals surface area contributed by atoms with Crippen LogP contribution < -0.4 is 5.73 Å². The minimum absolute atomic E-state index is 0. The van der Waals surface area contributed by atoms with Gasteiger partial charge in [-0.05, 0) is 37.5 Å². The van der Waals surface area contributed by atoms with Crippen LogP contribution in [0.25, 0.3) is 0 Å². The first-order valence-electron chi connectivity index (χ1n) is 7.01. The molecule has 0 aliphatic carbocycles. The highest BCUT2D eigenvalue weighted by Gasteiger charge is 2.33. The summed E-state index contributed by atoms with van der Waals surface area (Å²) in [6.07, 6.45) is 1.13. The molecule has 0 saturated carbocycles. The molecule has 1 aliphatic rings. The van der Waals surface area contributed by atoms with Gasteiger partial charge in [-0.3, -0.25) is 4.79 Å². The summed E-state index contributed by atoms with van der Waals surface area (Å²) in [6.45, 7) is 2.38. The van der Waals surface area contributed by atoms with E-state index in [1.807, 2.05) is 13.0 Å². The van der Waals surface area contributed by atoms with Crippen molar-refractivity contribution in [2.75, 3.05) is 13.6 Å². The molecule has 0 aromatic heterocycles. The van der Waals surface area contributed by atoms with Gasteiger partial charge in [-0.1, -0.05) is 29.3 Å². The summed E-state index contributed by atoms with van der Waals surface area (Å²) in [5.41, 5.74) is 6.44. The van der Waals surface area contributed by atoms with Crippen molar-refractivity contribution in [2.24, 2.45) is 5.73 Å². The highest BCUT2D eigenvalue weighted by Crippen LogP contribution is 2.30. The maximum Gasteiger partial charge on any atom is 0.251 e. The Morgan fingerprint density at radius 1 is 1.45 bits per heavy atom. The van der Waals surface area contributed by atoms with Crippen LogP contribution in [-0.4, -0.2) is 36.6 Å². The molecule has 0 radical (unpaired) electrons. The number of amides is 1. The number of carbonyl (C=O) groups is 1. The van der Waals surface area contributed by atoms with Crippen molar-refractivity contribution >= 4 is 41.5 Å². The first-order valence-corrected chi connectivity index (χ1v) is 7.76. The minimum atomic E-state index is -0.405. The Morgan fingerprint density at radius 2 is 2.14 bits per heavy atom. The molecule has 1 aromatic carbocycles. The van der Waals surface area contributed by atoms with Gasteiger partial charge in [0.25, 0.3) is 5.91 Å². The highest BCUT2D eigenvalue weighted by molar-refractivity contribution is 6.35. The van der Waals surface area contributed by atoms with Gasteiger partial charge in [0.1, 0.15) is 6.10 Å². The van der Waals surface area contributed by atoms with Gasteiger partial charge in [0.15, 0.2) is 0 Å². The Bertz CT molecular complexity index is 528. The molecule has 2 N–H and O–H groups in total. The van der Waals surface area contributed by atoms with Crippen LogP contribution in [0.5, 0.6) is 0 Å². The van der Waals surface area contributed by atoms with Crippen molar-refractivity contribution in [1.82, 2.24) is 4.90 Å². The number of nitrogens with zero attached hydrogens (tertiary/aromatic N) is 1. The summed E-state index contributed by atoms with van der Waals surface area (Å²) < 4.78 is 5.66. The lowest BCUT2D eigenvalue weighted by Crippen LogP contribution is -2.38. The number of hydrogen-bond acceptors (Lipinski definition) is 3. The Hall–Kier alpha value is -0.520. The number of carbonyl (C=O) groups excluding carboxylic acids is 1. The predicted octanol–water partition coefficient (Wildman–Crippen LogP) is 3.44. The van der Waals surface area contributed by atoms with Gasteiger partial charge < -0.3 is 15.4 Å². The summed E-state index contributed by atoms with van der Waals surface area (Å²) >= 11 is 12.1. The van der Waals surface area contributed by atoms with E-state index in [2.05, 4.69) is 0 Å². The lowest BCUT2D eigenvalue weighted by Gasteiger charge is -2.28. The zero-order valence-electron chi connectivity index (χ0n) is 12.6. The van der Waals surface area contributed by atoms with Crippen LogP contribution in [0, 0.1) is 0 Å². The SMILES string of the molecule is CC(c1ccc(Cl)cc1Cl)N(C)C(=O)[C@@H]1CC[C@H](CN)O1.Cl. The molecule has 2 rings (SSSR count). The molecule has 1 aliphatic heterocycles. The van der Waals surface area contributed by atoms with E-state index in [9.17, 15) is 4.79 Å². The highest BCUT2D eigenvalue weighted by atomic mass is 35.5. The summed E-state index contributed by atoms with van der Waals surface area (Å²) in [5, 5.41) is 1.14. The van der Waals surface area contributed by atoms with Crippen LogP contribution in [-0.2, 0) is 9.53 Å². The molecule has 22 heavy (non-hydrogen) atoms. The predicted molar refractivity (Wildman–Crippen MR) is 91.8 cm³/mol. The minimum Gasteiger partial charge on any atom is -0.364 e. The standard InChI is InChI=1S/C15H20Cl2N2O2.ClH/c1-9(12-5-3-10(16)7-13(12)17)19(2)15(20)14-6-4-11(8-18)21-14;/h3,5,7,9,11,14H,4,6,8,18H2,1-2H3;1H/t9?,11-,14+;/m1./s1. The van der Waals surface area contributed by atoms with Crippen molar-refractivity contribution < 1.29 is 9.53 Å². The summed E-state index contributed by atoms with van der Waals surface area (Å²) in [7, 11) is 1.76. The van der Waals surface area contributed by atoms with Crippen LogP contribution in [0.3, 0.4) is 0 Å². The molecule has 0 bridgehead atoms.